The molecule has 0 saturated heterocycles. The molecule has 0 aromatic carbocycles. The molecule has 112 valence electrons. The van der Waals surface area contributed by atoms with Crippen molar-refractivity contribution in [2.45, 2.75) is 32.1 Å². The molecule has 0 aromatic rings. The van der Waals surface area contributed by atoms with Gasteiger partial charge in [-0.3, -0.25) is 9.59 Å². The largest absolute Gasteiger partial charge is 0.385 e. The van der Waals surface area contributed by atoms with E-state index in [1.807, 2.05) is 0 Å². The van der Waals surface area contributed by atoms with Crippen LogP contribution in [0.2, 0.25) is 0 Å². The van der Waals surface area contributed by atoms with Gasteiger partial charge in [0.2, 0.25) is 11.8 Å². The molecule has 0 rings (SSSR count). The van der Waals surface area contributed by atoms with Crippen molar-refractivity contribution in [3.63, 3.8) is 0 Å². The van der Waals surface area contributed by atoms with E-state index < -0.39 is 0 Å². The van der Waals surface area contributed by atoms with Gasteiger partial charge in [-0.25, -0.2) is 0 Å². The first-order valence-electron chi connectivity index (χ1n) is 6.74. The number of carbonyl (C=O) groups is 2. The molecule has 0 atom stereocenters. The highest BCUT2D eigenvalue weighted by Gasteiger charge is 2.00. The number of nitrogens with one attached hydrogen (secondary N) is 2. The minimum atomic E-state index is 0.0280. The third kappa shape index (κ3) is 13.1. The van der Waals surface area contributed by atoms with Gasteiger partial charge in [0.25, 0.3) is 0 Å². The van der Waals surface area contributed by atoms with Crippen LogP contribution in [0.5, 0.6) is 0 Å². The fourth-order valence-corrected chi connectivity index (χ4v) is 1.44. The lowest BCUT2D eigenvalue weighted by molar-refractivity contribution is -0.122. The molecule has 0 aliphatic carbocycles. The molecule has 2 amide bonds. The molecule has 0 aliphatic rings. The zero-order valence-corrected chi connectivity index (χ0v) is 12.0. The molecule has 6 heteroatoms. The van der Waals surface area contributed by atoms with Crippen LogP contribution in [0.3, 0.4) is 0 Å². The van der Waals surface area contributed by atoms with Gasteiger partial charge < -0.3 is 20.1 Å². The average Bonchev–Trinajstić information content (AvgIpc) is 2.41. The van der Waals surface area contributed by atoms with Crippen LogP contribution in [0.25, 0.3) is 0 Å². The number of carbonyl (C=O) groups excluding carboxylic acids is 2. The number of rotatable bonds is 12. The van der Waals surface area contributed by atoms with Crippen LogP contribution >= 0.6 is 0 Å². The highest BCUT2D eigenvalue weighted by Crippen LogP contribution is 1.95. The summed E-state index contributed by atoms with van der Waals surface area (Å²) in [5.74, 6) is 0.0867. The highest BCUT2D eigenvalue weighted by molar-refractivity contribution is 5.75. The first-order valence-corrected chi connectivity index (χ1v) is 6.74. The van der Waals surface area contributed by atoms with Gasteiger partial charge >= 0.3 is 0 Å². The lowest BCUT2D eigenvalue weighted by Gasteiger charge is -2.06. The van der Waals surface area contributed by atoms with E-state index in [1.54, 1.807) is 14.2 Å². The summed E-state index contributed by atoms with van der Waals surface area (Å²) in [5, 5.41) is 5.35. The Morgan fingerprint density at radius 1 is 0.947 bits per heavy atom. The van der Waals surface area contributed by atoms with Gasteiger partial charge in [-0.15, -0.1) is 0 Å². The molecule has 0 saturated carbocycles. The quantitative estimate of drug-likeness (QED) is 0.507. The van der Waals surface area contributed by atoms with Crippen molar-refractivity contribution in [3.05, 3.63) is 0 Å². The fourth-order valence-electron chi connectivity index (χ4n) is 1.44. The average molecular weight is 274 g/mol. The Hall–Kier alpha value is -1.14. The van der Waals surface area contributed by atoms with Gasteiger partial charge in [-0.1, -0.05) is 0 Å². The van der Waals surface area contributed by atoms with Crippen LogP contribution < -0.4 is 10.6 Å². The maximum atomic E-state index is 11.3. The second-order valence-electron chi connectivity index (χ2n) is 4.19. The molecule has 0 spiro atoms. The maximum Gasteiger partial charge on any atom is 0.220 e. The molecule has 0 heterocycles. The van der Waals surface area contributed by atoms with E-state index >= 15 is 0 Å². The Kier molecular flexibility index (Phi) is 12.5. The molecule has 0 unspecified atom stereocenters. The number of hydrogen-bond acceptors (Lipinski definition) is 4. The standard InChI is InChI=1S/C13H26N2O4/c1-14-12(16)6-3-4-10-19-11-8-15-13(17)7-5-9-18-2/h3-11H2,1-2H3,(H,14,16)(H,15,17). The predicted octanol–water partition coefficient (Wildman–Crippen LogP) is 0.462. The fraction of sp³-hybridized carbons (Fsp3) is 0.846. The van der Waals surface area contributed by atoms with Crippen molar-refractivity contribution >= 4 is 11.8 Å². The summed E-state index contributed by atoms with van der Waals surface area (Å²) in [6.07, 6.45) is 3.44. The van der Waals surface area contributed by atoms with Crippen molar-refractivity contribution in [2.24, 2.45) is 0 Å². The summed E-state index contributed by atoms with van der Waals surface area (Å²) in [7, 11) is 3.25. The summed E-state index contributed by atoms with van der Waals surface area (Å²) < 4.78 is 10.2. The number of hydrogen-bond donors (Lipinski definition) is 2. The molecular formula is C13H26N2O4. The molecule has 2 N–H and O–H groups in total. The SMILES string of the molecule is CNC(=O)CCCCOCCNC(=O)CCCOC. The predicted molar refractivity (Wildman–Crippen MR) is 72.9 cm³/mol. The first-order chi connectivity index (χ1) is 9.20. The summed E-state index contributed by atoms with van der Waals surface area (Å²) in [6.45, 7) is 2.27. The molecule has 0 aromatic heterocycles. The molecule has 6 nitrogen and oxygen atoms in total. The summed E-state index contributed by atoms with van der Waals surface area (Å²) >= 11 is 0. The maximum absolute atomic E-state index is 11.3. The summed E-state index contributed by atoms with van der Waals surface area (Å²) in [5.41, 5.74) is 0. The lowest BCUT2D eigenvalue weighted by Crippen LogP contribution is -2.27. The second kappa shape index (κ2) is 13.3. The van der Waals surface area contributed by atoms with E-state index in [-0.39, 0.29) is 11.8 Å². The zero-order chi connectivity index (χ0) is 14.3. The van der Waals surface area contributed by atoms with Gasteiger partial charge in [-0.05, 0) is 19.3 Å². The second-order valence-corrected chi connectivity index (χ2v) is 4.19. The van der Waals surface area contributed by atoms with Crippen molar-refractivity contribution in [1.82, 2.24) is 10.6 Å². The zero-order valence-electron chi connectivity index (χ0n) is 12.0. The molecule has 0 radical (unpaired) electrons. The molecule has 0 bridgehead atoms. The van der Waals surface area contributed by atoms with Crippen LogP contribution in [0, 0.1) is 0 Å². The van der Waals surface area contributed by atoms with E-state index in [0.717, 1.165) is 19.3 Å². The van der Waals surface area contributed by atoms with E-state index in [4.69, 9.17) is 9.47 Å². The minimum Gasteiger partial charge on any atom is -0.385 e. The Morgan fingerprint density at radius 2 is 1.68 bits per heavy atom. The third-order valence-corrected chi connectivity index (χ3v) is 2.54. The monoisotopic (exact) mass is 274 g/mol. The number of ether oxygens (including phenoxy) is 2. The normalized spacial score (nSPS) is 10.2. The van der Waals surface area contributed by atoms with Crippen LogP contribution in [0.1, 0.15) is 32.1 Å². The third-order valence-electron chi connectivity index (χ3n) is 2.54. The van der Waals surface area contributed by atoms with E-state index in [2.05, 4.69) is 10.6 Å². The van der Waals surface area contributed by atoms with Crippen LogP contribution in [-0.2, 0) is 19.1 Å². The topological polar surface area (TPSA) is 76.7 Å². The summed E-state index contributed by atoms with van der Waals surface area (Å²) in [4.78, 5) is 22.2. The van der Waals surface area contributed by atoms with Crippen LogP contribution in [0.15, 0.2) is 0 Å². The van der Waals surface area contributed by atoms with Crippen LogP contribution in [-0.4, -0.2) is 52.3 Å². The van der Waals surface area contributed by atoms with Gasteiger partial charge in [-0.2, -0.15) is 0 Å². The van der Waals surface area contributed by atoms with Gasteiger partial charge in [0.1, 0.15) is 0 Å². The molecular weight excluding hydrogens is 248 g/mol. The van der Waals surface area contributed by atoms with Crippen LogP contribution in [0.4, 0.5) is 0 Å². The van der Waals surface area contributed by atoms with E-state index in [0.29, 0.717) is 39.2 Å². The van der Waals surface area contributed by atoms with Crippen molar-refractivity contribution in [3.8, 4) is 0 Å². The van der Waals surface area contributed by atoms with Gasteiger partial charge in [0.05, 0.1) is 6.61 Å². The minimum absolute atomic E-state index is 0.0280. The number of methoxy groups -OCH3 is 1. The molecule has 19 heavy (non-hydrogen) atoms. The smallest absolute Gasteiger partial charge is 0.220 e. The molecule has 0 aliphatic heterocycles. The van der Waals surface area contributed by atoms with Crippen molar-refractivity contribution < 1.29 is 19.1 Å². The van der Waals surface area contributed by atoms with Crippen molar-refractivity contribution in [1.29, 1.82) is 0 Å². The van der Waals surface area contributed by atoms with E-state index in [9.17, 15) is 9.59 Å². The van der Waals surface area contributed by atoms with E-state index in [1.165, 1.54) is 0 Å². The van der Waals surface area contributed by atoms with Gasteiger partial charge in [0, 0.05) is 46.8 Å². The van der Waals surface area contributed by atoms with Gasteiger partial charge in [0.15, 0.2) is 0 Å². The Bertz CT molecular complexity index is 247. The summed E-state index contributed by atoms with van der Waals surface area (Å²) in [6, 6.07) is 0. The highest BCUT2D eigenvalue weighted by atomic mass is 16.5. The first kappa shape index (κ1) is 17.9. The Balaban J connectivity index is 3.18. The molecule has 0 fully saturated rings. The lowest BCUT2D eigenvalue weighted by atomic mass is 10.2. The number of amides is 2. The number of unbranched alkanes of at least 4 members (excludes halogenated alkanes) is 1. The van der Waals surface area contributed by atoms with Crippen molar-refractivity contribution in [2.75, 3.05) is 40.5 Å². The Labute approximate surface area is 115 Å². The Morgan fingerprint density at radius 3 is 2.37 bits per heavy atom.